The fourth-order valence-electron chi connectivity index (χ4n) is 5.96. The van der Waals surface area contributed by atoms with E-state index in [9.17, 15) is 14.3 Å². The number of phosphoric acid groups is 1. The van der Waals surface area contributed by atoms with Crippen LogP contribution in [-0.4, -0.2) is 75.6 Å². The minimum atomic E-state index is -4.27. The van der Waals surface area contributed by atoms with E-state index in [4.69, 9.17) is 18.5 Å². The lowest BCUT2D eigenvalue weighted by Gasteiger charge is -2.24. The molecule has 0 rings (SSSR count). The van der Waals surface area contributed by atoms with Gasteiger partial charge in [0, 0.05) is 13.0 Å². The fourth-order valence-corrected chi connectivity index (χ4v) is 6.70. The third-order valence-corrected chi connectivity index (χ3v) is 10.4. The number of allylic oxidation sites excluding steroid dienone is 8. The van der Waals surface area contributed by atoms with Gasteiger partial charge in [0.15, 0.2) is 0 Å². The molecule has 0 fully saturated rings. The number of hydrogen-bond acceptors (Lipinski definition) is 6. The molecule has 55 heavy (non-hydrogen) atoms. The molecule has 0 radical (unpaired) electrons. The van der Waals surface area contributed by atoms with Crippen molar-refractivity contribution in [2.24, 2.45) is 0 Å². The Hall–Kier alpha value is -1.54. The molecule has 0 aliphatic heterocycles. The maximum atomic E-state index is 12.6. The lowest BCUT2D eigenvalue weighted by molar-refractivity contribution is -0.870. The molecular formula is C46H87NO7P+. The number of hydrogen-bond donors (Lipinski definition) is 1. The lowest BCUT2D eigenvalue weighted by atomic mass is 10.1. The SMILES string of the molecule is CC/C=C\C/C=C\C/C=C\C/C=C\CCCCCCCCCCCCCOCC(COP(=O)(O)OCC[N+](C)(C)C)OC(=O)CCCCCCCCCCC. The number of likely N-dealkylation sites (N-methyl/N-ethyl adjacent to an activating group) is 1. The predicted octanol–water partition coefficient (Wildman–Crippen LogP) is 13.2. The number of nitrogens with zero attached hydrogens (tertiary/aromatic N) is 1. The third kappa shape index (κ3) is 43.4. The molecule has 2 atom stereocenters. The Bertz CT molecular complexity index is 1020. The van der Waals surface area contributed by atoms with Gasteiger partial charge in [-0.1, -0.05) is 172 Å². The number of carbonyl (C=O) groups excluding carboxylic acids is 1. The molecule has 1 N–H and O–H groups in total. The van der Waals surface area contributed by atoms with Gasteiger partial charge in [0.2, 0.25) is 0 Å². The Morgan fingerprint density at radius 1 is 0.582 bits per heavy atom. The van der Waals surface area contributed by atoms with E-state index in [0.29, 0.717) is 24.1 Å². The number of esters is 1. The summed E-state index contributed by atoms with van der Waals surface area (Å²) in [4.78, 5) is 22.8. The Kier molecular flexibility index (Phi) is 38.2. The fraction of sp³-hybridized carbons (Fsp3) is 0.804. The number of unbranched alkanes of at least 4 members (excludes halogenated alkanes) is 19. The summed E-state index contributed by atoms with van der Waals surface area (Å²) in [5.74, 6) is -0.319. The van der Waals surface area contributed by atoms with E-state index < -0.39 is 13.9 Å². The third-order valence-electron chi connectivity index (χ3n) is 9.40. The number of ether oxygens (including phenoxy) is 2. The Morgan fingerprint density at radius 2 is 1.05 bits per heavy atom. The highest BCUT2D eigenvalue weighted by molar-refractivity contribution is 7.47. The minimum absolute atomic E-state index is 0.0879. The molecule has 0 aromatic rings. The standard InChI is InChI=1S/C46H86NO7P/c1-6-8-10-12-14-16-17-18-19-20-21-22-23-24-25-26-27-28-29-30-32-34-36-38-41-51-43-45(44-53-55(49,50)52-42-40-47(3,4)5)54-46(48)39-37-35-33-31-15-13-11-9-7-2/h8,10,14,16,18-19,21-22,45H,6-7,9,11-13,15,17,20,23-44H2,1-5H3/p+1/b10-8-,16-14-,19-18-,22-21-. The smallest absolute Gasteiger partial charge is 0.457 e. The largest absolute Gasteiger partial charge is 0.472 e. The first-order valence-electron chi connectivity index (χ1n) is 22.4. The monoisotopic (exact) mass is 797 g/mol. The lowest BCUT2D eigenvalue weighted by Crippen LogP contribution is -2.37. The van der Waals surface area contributed by atoms with Crippen molar-refractivity contribution in [2.75, 3.05) is 54.1 Å². The van der Waals surface area contributed by atoms with Crippen LogP contribution in [0.15, 0.2) is 48.6 Å². The van der Waals surface area contributed by atoms with Crippen molar-refractivity contribution in [1.29, 1.82) is 0 Å². The summed E-state index contributed by atoms with van der Waals surface area (Å²) in [5, 5.41) is 0. The van der Waals surface area contributed by atoms with Gasteiger partial charge >= 0.3 is 13.8 Å². The summed E-state index contributed by atoms with van der Waals surface area (Å²) in [6, 6.07) is 0. The van der Waals surface area contributed by atoms with E-state index in [2.05, 4.69) is 62.5 Å². The van der Waals surface area contributed by atoms with Gasteiger partial charge in [-0.3, -0.25) is 13.8 Å². The van der Waals surface area contributed by atoms with Crippen molar-refractivity contribution in [2.45, 2.75) is 187 Å². The van der Waals surface area contributed by atoms with E-state index in [1.165, 1.54) is 103 Å². The summed E-state index contributed by atoms with van der Waals surface area (Å²) in [6.07, 6.45) is 47.3. The van der Waals surface area contributed by atoms with Crippen LogP contribution in [0.4, 0.5) is 0 Å². The molecule has 0 saturated carbocycles. The second-order valence-corrected chi connectivity index (χ2v) is 17.5. The topological polar surface area (TPSA) is 91.3 Å². The highest BCUT2D eigenvalue weighted by Crippen LogP contribution is 2.43. The first kappa shape index (κ1) is 53.5. The highest BCUT2D eigenvalue weighted by atomic mass is 31.2. The normalized spacial score (nSPS) is 14.2. The van der Waals surface area contributed by atoms with Crippen LogP contribution in [0, 0.1) is 0 Å². The number of carbonyl (C=O) groups is 1. The zero-order valence-corrected chi connectivity index (χ0v) is 37.3. The summed E-state index contributed by atoms with van der Waals surface area (Å²) in [6.45, 7) is 5.49. The molecule has 0 spiro atoms. The van der Waals surface area contributed by atoms with Crippen molar-refractivity contribution in [3.8, 4) is 0 Å². The van der Waals surface area contributed by atoms with Crippen LogP contribution in [0.5, 0.6) is 0 Å². The molecule has 8 nitrogen and oxygen atoms in total. The summed E-state index contributed by atoms with van der Waals surface area (Å²) < 4.78 is 34.9. The Morgan fingerprint density at radius 3 is 1.58 bits per heavy atom. The zero-order valence-electron chi connectivity index (χ0n) is 36.4. The van der Waals surface area contributed by atoms with E-state index in [1.807, 2.05) is 21.1 Å². The van der Waals surface area contributed by atoms with Gasteiger partial charge in [-0.2, -0.15) is 0 Å². The van der Waals surface area contributed by atoms with Gasteiger partial charge < -0.3 is 18.9 Å². The van der Waals surface area contributed by atoms with Gasteiger partial charge in [-0.25, -0.2) is 4.57 Å². The predicted molar refractivity (Wildman–Crippen MR) is 233 cm³/mol. The molecule has 2 unspecified atom stereocenters. The van der Waals surface area contributed by atoms with Crippen LogP contribution >= 0.6 is 7.82 Å². The van der Waals surface area contributed by atoms with Crippen LogP contribution < -0.4 is 0 Å². The number of rotatable bonds is 41. The second kappa shape index (κ2) is 39.3. The quantitative estimate of drug-likeness (QED) is 0.0217. The molecule has 0 aromatic heterocycles. The second-order valence-electron chi connectivity index (χ2n) is 16.1. The molecule has 0 aromatic carbocycles. The summed E-state index contributed by atoms with van der Waals surface area (Å²) in [5.41, 5.74) is 0. The maximum Gasteiger partial charge on any atom is 0.472 e. The van der Waals surface area contributed by atoms with Crippen molar-refractivity contribution in [3.05, 3.63) is 48.6 Å². The van der Waals surface area contributed by atoms with Crippen molar-refractivity contribution in [1.82, 2.24) is 0 Å². The summed E-state index contributed by atoms with van der Waals surface area (Å²) >= 11 is 0. The Labute approximate surface area is 339 Å². The Balaban J connectivity index is 4.07. The van der Waals surface area contributed by atoms with Gasteiger partial charge in [-0.05, 0) is 51.4 Å². The maximum absolute atomic E-state index is 12.6. The first-order valence-corrected chi connectivity index (χ1v) is 23.9. The van der Waals surface area contributed by atoms with Crippen LogP contribution in [0.3, 0.4) is 0 Å². The van der Waals surface area contributed by atoms with Crippen LogP contribution in [0.1, 0.15) is 181 Å². The van der Waals surface area contributed by atoms with Gasteiger partial charge in [0.05, 0.1) is 34.4 Å². The van der Waals surface area contributed by atoms with Crippen molar-refractivity contribution in [3.63, 3.8) is 0 Å². The van der Waals surface area contributed by atoms with Gasteiger partial charge in [0.1, 0.15) is 19.3 Å². The van der Waals surface area contributed by atoms with E-state index in [0.717, 1.165) is 57.8 Å². The molecule has 322 valence electrons. The summed E-state index contributed by atoms with van der Waals surface area (Å²) in [7, 11) is 1.66. The molecule has 0 saturated heterocycles. The van der Waals surface area contributed by atoms with E-state index >= 15 is 0 Å². The highest BCUT2D eigenvalue weighted by Gasteiger charge is 2.26. The van der Waals surface area contributed by atoms with E-state index in [-0.39, 0.29) is 25.8 Å². The van der Waals surface area contributed by atoms with Crippen LogP contribution in [-0.2, 0) is 27.9 Å². The van der Waals surface area contributed by atoms with Gasteiger partial charge in [0.25, 0.3) is 0 Å². The average molecular weight is 797 g/mol. The van der Waals surface area contributed by atoms with Crippen LogP contribution in [0.25, 0.3) is 0 Å². The number of quaternary nitrogens is 1. The molecular weight excluding hydrogens is 709 g/mol. The molecule has 0 aliphatic rings. The molecule has 0 amide bonds. The number of phosphoric ester groups is 1. The zero-order chi connectivity index (χ0) is 40.6. The molecule has 0 aliphatic carbocycles. The molecule has 0 heterocycles. The van der Waals surface area contributed by atoms with Crippen molar-refractivity contribution >= 4 is 13.8 Å². The first-order chi connectivity index (χ1) is 26.6. The van der Waals surface area contributed by atoms with Gasteiger partial charge in [-0.15, -0.1) is 0 Å². The van der Waals surface area contributed by atoms with Crippen LogP contribution in [0.2, 0.25) is 0 Å². The average Bonchev–Trinajstić information content (AvgIpc) is 3.13. The molecule has 0 bridgehead atoms. The minimum Gasteiger partial charge on any atom is -0.457 e. The molecule has 9 heteroatoms. The van der Waals surface area contributed by atoms with Crippen molar-refractivity contribution < 1.29 is 37.3 Å². The van der Waals surface area contributed by atoms with E-state index in [1.54, 1.807) is 0 Å².